The summed E-state index contributed by atoms with van der Waals surface area (Å²) in [5.41, 5.74) is -0.288. The Balaban J connectivity index is 1.97. The van der Waals surface area contributed by atoms with Crippen molar-refractivity contribution in [3.8, 4) is 5.69 Å². The van der Waals surface area contributed by atoms with Gasteiger partial charge in [0.1, 0.15) is 22.2 Å². The van der Waals surface area contributed by atoms with Crippen LogP contribution in [0, 0.1) is 23.8 Å². The maximum atomic E-state index is 13.3. The lowest BCUT2D eigenvalue weighted by Crippen LogP contribution is -2.23. The quantitative estimate of drug-likeness (QED) is 0.210. The molecule has 0 amide bonds. The molecule has 0 radical (unpaired) electrons. The van der Waals surface area contributed by atoms with Crippen LogP contribution in [0.2, 0.25) is 0 Å². The normalized spacial score (nSPS) is 11.3. The SMILES string of the molecule is O=c1c2cc(I)ccc2nc(C=Cc2ccc([N+](=O)[O-])o2)n1-c1ccccc1[N+](=O)[O-]. The van der Waals surface area contributed by atoms with Gasteiger partial charge in [-0.05, 0) is 65.1 Å². The number of benzene rings is 2. The fourth-order valence-corrected chi connectivity index (χ4v) is 3.50. The number of nitrogens with zero attached hydrogens (tertiary/aromatic N) is 4. The standard InChI is InChI=1S/C20H11IN4O6/c21-12-5-8-15-14(11-12)20(26)23(16-3-1-2-4-17(16)24(27)28)18(22-15)9-6-13-7-10-19(31-13)25(29)30/h1-11H. The van der Waals surface area contributed by atoms with Crippen molar-refractivity contribution in [3.05, 3.63) is 100 Å². The van der Waals surface area contributed by atoms with Crippen LogP contribution in [0.1, 0.15) is 11.6 Å². The van der Waals surface area contributed by atoms with Gasteiger partial charge >= 0.3 is 5.88 Å². The third-order valence-corrected chi connectivity index (χ3v) is 5.04. The molecule has 0 atom stereocenters. The van der Waals surface area contributed by atoms with Gasteiger partial charge < -0.3 is 4.42 Å². The predicted molar refractivity (Wildman–Crippen MR) is 121 cm³/mol. The number of rotatable bonds is 5. The summed E-state index contributed by atoms with van der Waals surface area (Å²) in [4.78, 5) is 38.9. The maximum Gasteiger partial charge on any atom is 0.433 e. The third-order valence-electron chi connectivity index (χ3n) is 4.36. The molecule has 0 bridgehead atoms. The fourth-order valence-electron chi connectivity index (χ4n) is 3.01. The van der Waals surface area contributed by atoms with E-state index in [1.807, 2.05) is 0 Å². The zero-order valence-electron chi connectivity index (χ0n) is 15.5. The number of aromatic nitrogens is 2. The molecule has 2 heterocycles. The van der Waals surface area contributed by atoms with Crippen LogP contribution in [0.4, 0.5) is 11.6 Å². The Morgan fingerprint density at radius 2 is 1.77 bits per heavy atom. The summed E-state index contributed by atoms with van der Waals surface area (Å²) in [6, 6.07) is 13.5. The number of hydrogen-bond donors (Lipinski definition) is 0. The highest BCUT2D eigenvalue weighted by atomic mass is 127. The number of halogens is 1. The first-order valence-corrected chi connectivity index (χ1v) is 9.81. The second kappa shape index (κ2) is 8.10. The van der Waals surface area contributed by atoms with Crippen molar-refractivity contribution >= 4 is 57.2 Å². The molecular weight excluding hydrogens is 519 g/mol. The van der Waals surface area contributed by atoms with E-state index in [2.05, 4.69) is 27.6 Å². The number of fused-ring (bicyclic) bond motifs is 1. The molecule has 2 aromatic heterocycles. The Bertz CT molecular complexity index is 1440. The van der Waals surface area contributed by atoms with Crippen LogP contribution >= 0.6 is 22.6 Å². The minimum atomic E-state index is -0.670. The van der Waals surface area contributed by atoms with E-state index >= 15 is 0 Å². The molecule has 0 N–H and O–H groups in total. The van der Waals surface area contributed by atoms with Gasteiger partial charge in [-0.2, -0.15) is 0 Å². The second-order valence-electron chi connectivity index (χ2n) is 6.28. The smallest absolute Gasteiger partial charge is 0.401 e. The largest absolute Gasteiger partial charge is 0.433 e. The van der Waals surface area contributed by atoms with Crippen LogP contribution in [0.5, 0.6) is 0 Å². The van der Waals surface area contributed by atoms with Crippen molar-refractivity contribution in [3.63, 3.8) is 0 Å². The Labute approximate surface area is 186 Å². The van der Waals surface area contributed by atoms with Gasteiger partial charge in [-0.3, -0.25) is 29.6 Å². The first-order chi connectivity index (χ1) is 14.8. The predicted octanol–water partition coefficient (Wildman–Crippen LogP) is 4.57. The molecule has 0 saturated carbocycles. The average Bonchev–Trinajstić information content (AvgIpc) is 3.22. The average molecular weight is 530 g/mol. The van der Waals surface area contributed by atoms with Gasteiger partial charge in [0.05, 0.1) is 21.9 Å². The van der Waals surface area contributed by atoms with E-state index in [1.165, 1.54) is 42.5 Å². The van der Waals surface area contributed by atoms with Gasteiger partial charge in [-0.1, -0.05) is 12.1 Å². The van der Waals surface area contributed by atoms with E-state index in [1.54, 1.807) is 24.3 Å². The lowest BCUT2D eigenvalue weighted by atomic mass is 10.2. The van der Waals surface area contributed by atoms with Gasteiger partial charge in [-0.25, -0.2) is 4.98 Å². The molecule has 31 heavy (non-hydrogen) atoms. The van der Waals surface area contributed by atoms with Crippen molar-refractivity contribution in [2.75, 3.05) is 0 Å². The first kappa shape index (κ1) is 20.4. The molecule has 0 aliphatic rings. The summed E-state index contributed by atoms with van der Waals surface area (Å²) >= 11 is 2.06. The van der Waals surface area contributed by atoms with E-state index in [4.69, 9.17) is 4.42 Å². The van der Waals surface area contributed by atoms with Crippen molar-refractivity contribution < 1.29 is 14.3 Å². The van der Waals surface area contributed by atoms with E-state index in [9.17, 15) is 25.0 Å². The summed E-state index contributed by atoms with van der Waals surface area (Å²) in [5.74, 6) is -0.165. The molecular formula is C20H11IN4O6. The molecule has 11 heteroatoms. The Morgan fingerprint density at radius 1 is 1.00 bits per heavy atom. The van der Waals surface area contributed by atoms with Crippen molar-refractivity contribution in [2.24, 2.45) is 0 Å². The van der Waals surface area contributed by atoms with Crippen molar-refractivity contribution in [1.29, 1.82) is 0 Å². The fraction of sp³-hybridized carbons (Fsp3) is 0. The van der Waals surface area contributed by atoms with Gasteiger partial charge in [0, 0.05) is 9.64 Å². The van der Waals surface area contributed by atoms with E-state index in [0.29, 0.717) is 10.9 Å². The summed E-state index contributed by atoms with van der Waals surface area (Å²) in [5, 5.41) is 22.7. The van der Waals surface area contributed by atoms with Crippen molar-refractivity contribution in [1.82, 2.24) is 9.55 Å². The highest BCUT2D eigenvalue weighted by Crippen LogP contribution is 2.25. The Kier molecular flexibility index (Phi) is 5.33. The Hall–Kier alpha value is -3.87. The van der Waals surface area contributed by atoms with Gasteiger partial charge in [-0.15, -0.1) is 0 Å². The molecule has 154 valence electrons. The number of nitro benzene ring substituents is 1. The topological polar surface area (TPSA) is 134 Å². The van der Waals surface area contributed by atoms with Crippen LogP contribution in [-0.4, -0.2) is 19.4 Å². The lowest BCUT2D eigenvalue weighted by Gasteiger charge is -2.11. The summed E-state index contributed by atoms with van der Waals surface area (Å²) < 4.78 is 7.05. The minimum absolute atomic E-state index is 0.0517. The van der Waals surface area contributed by atoms with Crippen LogP contribution in [0.25, 0.3) is 28.7 Å². The molecule has 0 saturated heterocycles. The molecule has 4 aromatic rings. The van der Waals surface area contributed by atoms with Crippen molar-refractivity contribution in [2.45, 2.75) is 0 Å². The van der Waals surface area contributed by atoms with Crippen LogP contribution in [0.3, 0.4) is 0 Å². The zero-order chi connectivity index (χ0) is 22.1. The number of nitro groups is 2. The van der Waals surface area contributed by atoms with E-state index in [-0.39, 0.29) is 23.0 Å². The molecule has 10 nitrogen and oxygen atoms in total. The van der Waals surface area contributed by atoms with Crippen LogP contribution in [-0.2, 0) is 0 Å². The molecule has 0 spiro atoms. The number of para-hydroxylation sites is 2. The van der Waals surface area contributed by atoms with Gasteiger partial charge in [0.15, 0.2) is 0 Å². The van der Waals surface area contributed by atoms with Gasteiger partial charge in [0.2, 0.25) is 0 Å². The number of furan rings is 1. The molecule has 0 aliphatic carbocycles. The van der Waals surface area contributed by atoms with E-state index in [0.717, 1.165) is 8.14 Å². The third kappa shape index (κ3) is 3.94. The molecule has 4 rings (SSSR count). The molecule has 0 aliphatic heterocycles. The zero-order valence-corrected chi connectivity index (χ0v) is 17.6. The summed E-state index contributed by atoms with van der Waals surface area (Å²) in [7, 11) is 0. The van der Waals surface area contributed by atoms with Crippen LogP contribution < -0.4 is 5.56 Å². The lowest BCUT2D eigenvalue weighted by molar-refractivity contribution is -0.402. The maximum absolute atomic E-state index is 13.3. The monoisotopic (exact) mass is 530 g/mol. The summed E-state index contributed by atoms with van der Waals surface area (Å²) in [6.45, 7) is 0. The Morgan fingerprint density at radius 3 is 2.48 bits per heavy atom. The summed E-state index contributed by atoms with van der Waals surface area (Å²) in [6.07, 6.45) is 2.82. The van der Waals surface area contributed by atoms with E-state index < -0.39 is 21.3 Å². The van der Waals surface area contributed by atoms with Gasteiger partial charge in [0.25, 0.3) is 11.2 Å². The second-order valence-corrected chi connectivity index (χ2v) is 7.53. The highest BCUT2D eigenvalue weighted by Gasteiger charge is 2.20. The highest BCUT2D eigenvalue weighted by molar-refractivity contribution is 14.1. The molecule has 0 unspecified atom stereocenters. The molecule has 0 fully saturated rings. The molecule has 2 aromatic carbocycles. The van der Waals surface area contributed by atoms with Crippen LogP contribution in [0.15, 0.2) is 63.8 Å². The first-order valence-electron chi connectivity index (χ1n) is 8.73. The number of hydrogen-bond acceptors (Lipinski definition) is 7. The minimum Gasteiger partial charge on any atom is -0.401 e.